The number of rotatable bonds is 4. The molecule has 2 aromatic rings. The van der Waals surface area contributed by atoms with Crippen molar-refractivity contribution in [3.63, 3.8) is 0 Å². The fourth-order valence-corrected chi connectivity index (χ4v) is 4.01. The Labute approximate surface area is 179 Å². The number of alkyl halides is 2. The van der Waals surface area contributed by atoms with E-state index in [2.05, 4.69) is 0 Å². The van der Waals surface area contributed by atoms with E-state index in [-0.39, 0.29) is 45.2 Å². The summed E-state index contributed by atoms with van der Waals surface area (Å²) >= 11 is 0. The van der Waals surface area contributed by atoms with Crippen molar-refractivity contribution in [1.29, 1.82) is 0 Å². The van der Waals surface area contributed by atoms with Crippen LogP contribution in [0.25, 0.3) is 0 Å². The summed E-state index contributed by atoms with van der Waals surface area (Å²) in [5.41, 5.74) is -0.148. The average molecular weight is 430 g/mol. The maximum absolute atomic E-state index is 14.6. The summed E-state index contributed by atoms with van der Waals surface area (Å²) in [5.74, 6) is -1.58. The van der Waals surface area contributed by atoms with Gasteiger partial charge in [0.25, 0.3) is 0 Å². The Bertz CT molecular complexity index is 926. The molecule has 2 aliphatic rings. The zero-order valence-electron chi connectivity index (χ0n) is 17.0. The Morgan fingerprint density at radius 2 is 1.68 bits per heavy atom. The Morgan fingerprint density at radius 1 is 1.00 bits per heavy atom. The normalized spacial score (nSPS) is 23.6. The molecule has 8 heteroatoms. The highest BCUT2D eigenvalue weighted by Crippen LogP contribution is 2.36. The molecule has 2 saturated heterocycles. The van der Waals surface area contributed by atoms with Gasteiger partial charge in [0.05, 0.1) is 26.3 Å². The van der Waals surface area contributed by atoms with Gasteiger partial charge in [-0.05, 0) is 24.1 Å². The molecule has 0 saturated carbocycles. The summed E-state index contributed by atoms with van der Waals surface area (Å²) < 4.78 is 39.8. The van der Waals surface area contributed by atoms with Gasteiger partial charge in [0.2, 0.25) is 5.91 Å². The molecule has 1 spiro atoms. The van der Waals surface area contributed by atoms with Crippen molar-refractivity contribution in [2.45, 2.75) is 24.6 Å². The lowest BCUT2D eigenvalue weighted by Gasteiger charge is -2.45. The number of ether oxygens (including phenoxy) is 2. The van der Waals surface area contributed by atoms with Crippen molar-refractivity contribution in [2.75, 3.05) is 37.7 Å². The first kappa shape index (κ1) is 21.4. The molecule has 0 aromatic heterocycles. The summed E-state index contributed by atoms with van der Waals surface area (Å²) in [6.07, 6.45) is -3.21. The number of hydrogen-bond acceptors (Lipinski definition) is 4. The third kappa shape index (κ3) is 4.75. The van der Waals surface area contributed by atoms with E-state index in [0.717, 1.165) is 10.5 Å². The van der Waals surface area contributed by atoms with Crippen molar-refractivity contribution in [3.05, 3.63) is 66.2 Å². The van der Waals surface area contributed by atoms with E-state index in [4.69, 9.17) is 9.47 Å². The molecular formula is C23H24F2N2O4. The first-order valence-electron chi connectivity index (χ1n) is 10.2. The monoisotopic (exact) mass is 430 g/mol. The van der Waals surface area contributed by atoms with Gasteiger partial charge < -0.3 is 14.5 Å². The number of para-hydroxylation sites is 1. The molecule has 2 aliphatic heterocycles. The van der Waals surface area contributed by atoms with Crippen LogP contribution < -0.4 is 4.90 Å². The number of carbonyl (C=O) groups is 2. The number of morpholine rings is 1. The van der Waals surface area contributed by atoms with Crippen LogP contribution >= 0.6 is 0 Å². The lowest BCUT2D eigenvalue weighted by molar-refractivity contribution is -0.293. The van der Waals surface area contributed by atoms with Gasteiger partial charge in [0, 0.05) is 18.7 Å². The van der Waals surface area contributed by atoms with Crippen LogP contribution in [0.2, 0.25) is 0 Å². The average Bonchev–Trinajstić information content (AvgIpc) is 2.98. The van der Waals surface area contributed by atoms with Crippen molar-refractivity contribution >= 4 is 17.5 Å². The van der Waals surface area contributed by atoms with Crippen molar-refractivity contribution in [3.8, 4) is 0 Å². The highest BCUT2D eigenvalue weighted by Gasteiger charge is 2.58. The molecule has 0 N–H and O–H groups in total. The number of carbonyl (C=O) groups excluding carboxylic acids is 2. The summed E-state index contributed by atoms with van der Waals surface area (Å²) in [4.78, 5) is 27.8. The maximum atomic E-state index is 14.6. The molecule has 31 heavy (non-hydrogen) atoms. The molecule has 164 valence electrons. The van der Waals surface area contributed by atoms with Crippen LogP contribution in [-0.4, -0.2) is 61.3 Å². The van der Waals surface area contributed by atoms with Crippen LogP contribution in [0.5, 0.6) is 0 Å². The molecular weight excluding hydrogens is 406 g/mol. The lowest BCUT2D eigenvalue weighted by atomic mass is 10.00. The number of amides is 2. The second-order valence-electron chi connectivity index (χ2n) is 7.88. The van der Waals surface area contributed by atoms with Gasteiger partial charge in [0.15, 0.2) is 0 Å². The zero-order chi connectivity index (χ0) is 21.9. The third-order valence-electron chi connectivity index (χ3n) is 5.53. The van der Waals surface area contributed by atoms with E-state index in [1.165, 1.54) is 4.90 Å². The van der Waals surface area contributed by atoms with Crippen LogP contribution in [0.3, 0.4) is 0 Å². The Balaban J connectivity index is 1.53. The molecule has 4 rings (SSSR count). The van der Waals surface area contributed by atoms with Crippen molar-refractivity contribution in [2.24, 2.45) is 0 Å². The minimum atomic E-state index is -4.01. The van der Waals surface area contributed by atoms with Crippen LogP contribution in [0.4, 0.5) is 14.5 Å². The minimum absolute atomic E-state index is 0.0766. The van der Waals surface area contributed by atoms with Crippen molar-refractivity contribution in [1.82, 2.24) is 4.90 Å². The fraction of sp³-hybridized carbons (Fsp3) is 0.391. The SMILES string of the molecule is O=C(CCc1ccccc1)N1CCOCC2(C1)CN(c1ccccc1)C(=O)C(F)(F)O2. The number of halogens is 2. The van der Waals surface area contributed by atoms with E-state index in [1.807, 2.05) is 30.3 Å². The molecule has 0 radical (unpaired) electrons. The van der Waals surface area contributed by atoms with Crippen LogP contribution in [-0.2, 0) is 25.5 Å². The highest BCUT2D eigenvalue weighted by molar-refractivity contribution is 5.98. The molecule has 2 fully saturated rings. The first-order chi connectivity index (χ1) is 14.9. The molecule has 2 heterocycles. The predicted molar refractivity (Wildman–Crippen MR) is 110 cm³/mol. The molecule has 1 atom stereocenters. The smallest absolute Gasteiger partial charge is 0.376 e. The van der Waals surface area contributed by atoms with E-state index in [1.54, 1.807) is 30.3 Å². The molecule has 2 aromatic carbocycles. The van der Waals surface area contributed by atoms with Gasteiger partial charge in [-0.2, -0.15) is 8.78 Å². The Kier molecular flexibility index (Phi) is 6.02. The lowest BCUT2D eigenvalue weighted by Crippen LogP contribution is -2.66. The predicted octanol–water partition coefficient (Wildman–Crippen LogP) is 2.87. The molecule has 6 nitrogen and oxygen atoms in total. The third-order valence-corrected chi connectivity index (χ3v) is 5.53. The number of aryl methyl sites for hydroxylation is 1. The maximum Gasteiger partial charge on any atom is 0.437 e. The summed E-state index contributed by atoms with van der Waals surface area (Å²) in [6, 6.07) is 17.9. The van der Waals surface area contributed by atoms with Crippen molar-refractivity contribution < 1.29 is 27.8 Å². The quantitative estimate of drug-likeness (QED) is 0.749. The fourth-order valence-electron chi connectivity index (χ4n) is 4.01. The van der Waals surface area contributed by atoms with E-state index in [0.29, 0.717) is 12.1 Å². The summed E-state index contributed by atoms with van der Waals surface area (Å²) in [6.45, 7) is 0.152. The first-order valence-corrected chi connectivity index (χ1v) is 10.2. The topological polar surface area (TPSA) is 59.1 Å². The van der Waals surface area contributed by atoms with Gasteiger partial charge in [-0.25, -0.2) is 0 Å². The van der Waals surface area contributed by atoms with Gasteiger partial charge in [-0.3, -0.25) is 14.3 Å². The summed E-state index contributed by atoms with van der Waals surface area (Å²) in [7, 11) is 0. The standard InChI is InChI=1S/C23H24F2N2O4/c24-23(25)21(29)27(19-9-5-2-6-10-19)16-22(31-23)15-26(13-14-30-17-22)20(28)12-11-18-7-3-1-4-8-18/h1-10H,11-17H2. The summed E-state index contributed by atoms with van der Waals surface area (Å²) in [5, 5.41) is 0. The van der Waals surface area contributed by atoms with Gasteiger partial charge in [-0.15, -0.1) is 0 Å². The number of anilines is 1. The highest BCUT2D eigenvalue weighted by atomic mass is 19.3. The van der Waals surface area contributed by atoms with Gasteiger partial charge >= 0.3 is 12.0 Å². The van der Waals surface area contributed by atoms with E-state index < -0.39 is 17.6 Å². The Hall–Kier alpha value is -2.84. The number of hydrogen-bond donors (Lipinski definition) is 0. The largest absolute Gasteiger partial charge is 0.437 e. The van der Waals surface area contributed by atoms with Crippen LogP contribution in [0.15, 0.2) is 60.7 Å². The van der Waals surface area contributed by atoms with E-state index in [9.17, 15) is 18.4 Å². The molecule has 0 aliphatic carbocycles. The van der Waals surface area contributed by atoms with Crippen LogP contribution in [0.1, 0.15) is 12.0 Å². The minimum Gasteiger partial charge on any atom is -0.376 e. The second-order valence-corrected chi connectivity index (χ2v) is 7.88. The van der Waals surface area contributed by atoms with Gasteiger partial charge in [0.1, 0.15) is 5.60 Å². The molecule has 1 unspecified atom stereocenters. The number of benzene rings is 2. The number of nitrogens with zero attached hydrogens (tertiary/aromatic N) is 2. The molecule has 0 bridgehead atoms. The zero-order valence-corrected chi connectivity index (χ0v) is 17.0. The second kappa shape index (κ2) is 8.72. The van der Waals surface area contributed by atoms with Crippen LogP contribution in [0, 0.1) is 0 Å². The molecule has 2 amide bonds. The van der Waals surface area contributed by atoms with E-state index >= 15 is 0 Å². The Morgan fingerprint density at radius 3 is 2.39 bits per heavy atom. The van der Waals surface area contributed by atoms with Gasteiger partial charge in [-0.1, -0.05) is 48.5 Å².